The second-order valence-electron chi connectivity index (χ2n) is 3.20. The highest BCUT2D eigenvalue weighted by Crippen LogP contribution is 2.02. The number of hydrogen-bond donors (Lipinski definition) is 0. The molecular formula is C15H26. The van der Waals surface area contributed by atoms with Crippen LogP contribution in [0.5, 0.6) is 0 Å². The first-order valence-corrected chi connectivity index (χ1v) is 5.18. The van der Waals surface area contributed by atoms with E-state index in [1.54, 1.807) is 24.3 Å². The zero-order chi connectivity index (χ0) is 12.5. The fourth-order valence-corrected chi connectivity index (χ4v) is 0.451. The van der Waals surface area contributed by atoms with Gasteiger partial charge in [0.15, 0.2) is 0 Å². The van der Waals surface area contributed by atoms with Crippen LogP contribution in [0.1, 0.15) is 26.7 Å². The largest absolute Gasteiger partial charge is 0.103 e. The minimum atomic E-state index is 0.831. The highest BCUT2D eigenvalue weighted by Gasteiger charge is 1.87. The van der Waals surface area contributed by atoms with Gasteiger partial charge in [-0.3, -0.25) is 0 Å². The molecule has 0 saturated heterocycles. The summed E-state index contributed by atoms with van der Waals surface area (Å²) in [7, 11) is 0. The van der Waals surface area contributed by atoms with Crippen molar-refractivity contribution < 1.29 is 0 Å². The average Bonchev–Trinajstić information content (AvgIpc) is 2.27. The molecule has 0 heterocycles. The third-order valence-corrected chi connectivity index (χ3v) is 1.28. The summed E-state index contributed by atoms with van der Waals surface area (Å²) in [5.41, 5.74) is 0. The van der Waals surface area contributed by atoms with Crippen LogP contribution in [0, 0.1) is 5.92 Å². The summed E-state index contributed by atoms with van der Waals surface area (Å²) < 4.78 is 0. The Hall–Kier alpha value is -1.30. The second kappa shape index (κ2) is 23.0. The Morgan fingerprint density at radius 2 is 1.13 bits per heavy atom. The number of allylic oxidation sites excluding steroid dienone is 5. The van der Waals surface area contributed by atoms with E-state index in [9.17, 15) is 0 Å². The van der Waals surface area contributed by atoms with Gasteiger partial charge < -0.3 is 0 Å². The fourth-order valence-electron chi connectivity index (χ4n) is 0.451. The van der Waals surface area contributed by atoms with Crippen molar-refractivity contribution in [2.75, 3.05) is 0 Å². The molecule has 0 aromatic rings. The van der Waals surface area contributed by atoms with E-state index in [1.165, 1.54) is 6.42 Å². The van der Waals surface area contributed by atoms with Crippen molar-refractivity contribution in [3.05, 3.63) is 63.3 Å². The van der Waals surface area contributed by atoms with Crippen LogP contribution in [0.4, 0.5) is 0 Å². The van der Waals surface area contributed by atoms with Gasteiger partial charge >= 0.3 is 0 Å². The Bertz CT molecular complexity index is 137. The van der Waals surface area contributed by atoms with Crippen LogP contribution >= 0.6 is 0 Å². The molecule has 0 saturated carbocycles. The topological polar surface area (TPSA) is 0 Å². The average molecular weight is 206 g/mol. The van der Waals surface area contributed by atoms with Gasteiger partial charge in [-0.25, -0.2) is 0 Å². The van der Waals surface area contributed by atoms with Crippen LogP contribution in [-0.4, -0.2) is 0 Å². The van der Waals surface area contributed by atoms with Crippen LogP contribution in [0.25, 0.3) is 0 Å². The molecule has 0 nitrogen and oxygen atoms in total. The van der Waals surface area contributed by atoms with E-state index in [-0.39, 0.29) is 0 Å². The maximum atomic E-state index is 3.63. The smallest absolute Gasteiger partial charge is 0.0351 e. The normalized spacial score (nSPS) is 7.13. The van der Waals surface area contributed by atoms with Crippen LogP contribution in [-0.2, 0) is 0 Å². The van der Waals surface area contributed by atoms with Gasteiger partial charge in [0.1, 0.15) is 0 Å². The molecular weight excluding hydrogens is 180 g/mol. The van der Waals surface area contributed by atoms with Gasteiger partial charge in [-0.1, -0.05) is 70.5 Å². The van der Waals surface area contributed by atoms with E-state index in [1.807, 2.05) is 6.08 Å². The molecule has 0 aliphatic carbocycles. The maximum absolute atomic E-state index is 3.63. The lowest BCUT2D eigenvalue weighted by Gasteiger charge is -1.96. The van der Waals surface area contributed by atoms with Crippen LogP contribution in [0.3, 0.4) is 0 Å². The van der Waals surface area contributed by atoms with Crippen molar-refractivity contribution in [2.45, 2.75) is 26.7 Å². The predicted molar refractivity (Wildman–Crippen MR) is 75.1 cm³/mol. The van der Waals surface area contributed by atoms with E-state index in [2.05, 4.69) is 46.7 Å². The standard InChI is InChI=1S/C7H14.2C4H6/c1-4-5-6-7(2)3;2*1-3-4-2/h4,7H,1,5-6H2,2-3H3;2*3-4H,1-2H2. The van der Waals surface area contributed by atoms with E-state index < -0.39 is 0 Å². The summed E-state index contributed by atoms with van der Waals surface area (Å²) in [6.07, 6.45) is 11.0. The van der Waals surface area contributed by atoms with E-state index in [0.29, 0.717) is 0 Å². The summed E-state index contributed by atoms with van der Waals surface area (Å²) in [5, 5.41) is 0. The van der Waals surface area contributed by atoms with Gasteiger partial charge in [0.2, 0.25) is 0 Å². The lowest BCUT2D eigenvalue weighted by molar-refractivity contribution is 0.595. The predicted octanol–water partition coefficient (Wildman–Crippen LogP) is 5.33. The zero-order valence-corrected chi connectivity index (χ0v) is 10.4. The molecule has 0 heteroatoms. The van der Waals surface area contributed by atoms with Crippen molar-refractivity contribution in [3.8, 4) is 0 Å². The van der Waals surface area contributed by atoms with Crippen molar-refractivity contribution in [3.63, 3.8) is 0 Å². The highest BCUT2D eigenvalue weighted by molar-refractivity contribution is 4.88. The highest BCUT2D eigenvalue weighted by atomic mass is 13.9. The molecule has 0 bridgehead atoms. The summed E-state index contributed by atoms with van der Waals surface area (Å²) in [5.74, 6) is 0.831. The molecule has 15 heavy (non-hydrogen) atoms. The summed E-state index contributed by atoms with van der Waals surface area (Å²) in [6, 6.07) is 0. The van der Waals surface area contributed by atoms with Crippen molar-refractivity contribution in [1.82, 2.24) is 0 Å². The van der Waals surface area contributed by atoms with Gasteiger partial charge in [0.05, 0.1) is 0 Å². The zero-order valence-electron chi connectivity index (χ0n) is 10.4. The molecule has 0 spiro atoms. The molecule has 0 fully saturated rings. The summed E-state index contributed by atoms with van der Waals surface area (Å²) >= 11 is 0. The third-order valence-electron chi connectivity index (χ3n) is 1.28. The van der Waals surface area contributed by atoms with Crippen molar-refractivity contribution in [1.29, 1.82) is 0 Å². The first kappa shape index (κ1) is 19.3. The minimum Gasteiger partial charge on any atom is -0.103 e. The molecule has 0 N–H and O–H groups in total. The molecule has 0 amide bonds. The SMILES string of the molecule is C=CC=C.C=CC=C.C=CCCC(C)C. The lowest BCUT2D eigenvalue weighted by Crippen LogP contribution is -1.82. The van der Waals surface area contributed by atoms with Crippen molar-refractivity contribution in [2.24, 2.45) is 5.92 Å². The molecule has 0 rings (SSSR count). The number of hydrogen-bond acceptors (Lipinski definition) is 0. The Morgan fingerprint density at radius 3 is 1.20 bits per heavy atom. The van der Waals surface area contributed by atoms with E-state index >= 15 is 0 Å². The van der Waals surface area contributed by atoms with Gasteiger partial charge in [0.25, 0.3) is 0 Å². The molecule has 0 aliphatic rings. The van der Waals surface area contributed by atoms with Crippen LogP contribution in [0.15, 0.2) is 63.3 Å². The summed E-state index contributed by atoms with van der Waals surface area (Å²) in [4.78, 5) is 0. The lowest BCUT2D eigenvalue weighted by atomic mass is 10.1. The van der Waals surface area contributed by atoms with Crippen LogP contribution < -0.4 is 0 Å². The van der Waals surface area contributed by atoms with E-state index in [4.69, 9.17) is 0 Å². The van der Waals surface area contributed by atoms with E-state index in [0.717, 1.165) is 12.3 Å². The second-order valence-corrected chi connectivity index (χ2v) is 3.20. The van der Waals surface area contributed by atoms with Crippen molar-refractivity contribution >= 4 is 0 Å². The fraction of sp³-hybridized carbons (Fsp3) is 0.333. The Balaban J connectivity index is -0.000000155. The molecule has 0 aliphatic heterocycles. The van der Waals surface area contributed by atoms with Gasteiger partial charge in [0, 0.05) is 0 Å². The van der Waals surface area contributed by atoms with Crippen LogP contribution in [0.2, 0.25) is 0 Å². The molecule has 0 aromatic carbocycles. The Morgan fingerprint density at radius 1 is 0.800 bits per heavy atom. The monoisotopic (exact) mass is 206 g/mol. The molecule has 0 atom stereocenters. The number of rotatable bonds is 5. The van der Waals surface area contributed by atoms with Gasteiger partial charge in [-0.2, -0.15) is 0 Å². The Labute approximate surface area is 96.4 Å². The first-order chi connectivity index (χ1) is 7.10. The molecule has 0 aromatic heterocycles. The molecule has 0 radical (unpaired) electrons. The Kier molecular flexibility index (Phi) is 29.6. The summed E-state index contributed by atoms with van der Waals surface area (Å²) in [6.45, 7) is 21.5. The van der Waals surface area contributed by atoms with Gasteiger partial charge in [-0.15, -0.1) is 6.58 Å². The molecule has 86 valence electrons. The third kappa shape index (κ3) is 65.8. The van der Waals surface area contributed by atoms with Gasteiger partial charge in [-0.05, 0) is 18.8 Å². The quantitative estimate of drug-likeness (QED) is 0.421. The first-order valence-electron chi connectivity index (χ1n) is 5.18. The maximum Gasteiger partial charge on any atom is -0.0351 e. The minimum absolute atomic E-state index is 0.831. The molecule has 0 unspecified atom stereocenters.